The molecule has 0 bridgehead atoms. The largest absolute Gasteiger partial charge is 0.309 e. The van der Waals surface area contributed by atoms with E-state index in [1.54, 1.807) is 18.2 Å². The number of hydrogen-bond donors (Lipinski definition) is 0. The Morgan fingerprint density at radius 1 is 0.583 bits per heavy atom. The number of fused-ring (bicyclic) bond motifs is 3. The molecule has 0 aliphatic heterocycles. The van der Waals surface area contributed by atoms with Crippen LogP contribution in [0.3, 0.4) is 0 Å². The zero-order valence-electron chi connectivity index (χ0n) is 19.1. The predicted octanol–water partition coefficient (Wildman–Crippen LogP) is 8.51. The van der Waals surface area contributed by atoms with Crippen molar-refractivity contribution in [2.24, 2.45) is 0 Å². The van der Waals surface area contributed by atoms with Gasteiger partial charge in [0.05, 0.1) is 34.3 Å². The van der Waals surface area contributed by atoms with Gasteiger partial charge in [-0.1, -0.05) is 66.2 Å². The van der Waals surface area contributed by atoms with Gasteiger partial charge in [0.25, 0.3) is 0 Å². The molecule has 1 aromatic heterocycles. The average molecular weight is 480 g/mol. The second-order valence-electron chi connectivity index (χ2n) is 8.61. The Balaban J connectivity index is 1.62. The van der Waals surface area contributed by atoms with Gasteiger partial charge in [0.15, 0.2) is 0 Å². The number of hydrogen-bond acceptors (Lipinski definition) is 2. The number of halogens is 1. The molecule has 0 fully saturated rings. The summed E-state index contributed by atoms with van der Waals surface area (Å²) in [6.07, 6.45) is 0. The van der Waals surface area contributed by atoms with E-state index >= 15 is 0 Å². The van der Waals surface area contributed by atoms with Gasteiger partial charge in [-0.3, -0.25) is 0 Å². The number of aromatic nitrogens is 1. The molecular formula is C32H18ClN3. The number of nitriles is 2. The molecule has 0 radical (unpaired) electrons. The molecule has 0 aliphatic carbocycles. The summed E-state index contributed by atoms with van der Waals surface area (Å²) in [5.74, 6) is 0. The Bertz CT molecular complexity index is 1840. The summed E-state index contributed by atoms with van der Waals surface area (Å²) in [6, 6.07) is 40.5. The van der Waals surface area contributed by atoms with E-state index in [2.05, 4.69) is 71.3 Å². The van der Waals surface area contributed by atoms with Crippen LogP contribution < -0.4 is 0 Å². The minimum absolute atomic E-state index is 0.427. The van der Waals surface area contributed by atoms with Crippen LogP contribution in [0.1, 0.15) is 11.1 Å². The molecule has 0 N–H and O–H groups in total. The highest BCUT2D eigenvalue weighted by atomic mass is 35.5. The fraction of sp³-hybridized carbons (Fsp3) is 0. The van der Waals surface area contributed by atoms with Gasteiger partial charge in [0.1, 0.15) is 0 Å². The molecule has 0 spiro atoms. The highest BCUT2D eigenvalue weighted by molar-refractivity contribution is 6.34. The number of benzene rings is 5. The predicted molar refractivity (Wildman–Crippen MR) is 146 cm³/mol. The van der Waals surface area contributed by atoms with Crippen LogP contribution in [0, 0.1) is 22.7 Å². The molecule has 0 atom stereocenters. The third-order valence-corrected chi connectivity index (χ3v) is 6.81. The van der Waals surface area contributed by atoms with Gasteiger partial charge in [0, 0.05) is 27.0 Å². The second-order valence-corrected chi connectivity index (χ2v) is 9.01. The first-order valence-electron chi connectivity index (χ1n) is 11.5. The first-order chi connectivity index (χ1) is 17.7. The molecular weight excluding hydrogens is 462 g/mol. The van der Waals surface area contributed by atoms with Gasteiger partial charge in [-0.05, 0) is 71.3 Å². The van der Waals surface area contributed by atoms with Crippen molar-refractivity contribution in [1.82, 2.24) is 4.57 Å². The van der Waals surface area contributed by atoms with Crippen LogP contribution >= 0.6 is 11.6 Å². The van der Waals surface area contributed by atoms with Crippen molar-refractivity contribution < 1.29 is 0 Å². The van der Waals surface area contributed by atoms with E-state index in [4.69, 9.17) is 11.6 Å². The minimum atomic E-state index is 0.427. The van der Waals surface area contributed by atoms with E-state index in [1.165, 1.54) is 5.39 Å². The summed E-state index contributed by atoms with van der Waals surface area (Å²) in [5, 5.41) is 21.9. The van der Waals surface area contributed by atoms with Gasteiger partial charge in [0.2, 0.25) is 0 Å². The van der Waals surface area contributed by atoms with Crippen LogP contribution in [0.4, 0.5) is 0 Å². The lowest BCUT2D eigenvalue weighted by atomic mass is 9.92. The monoisotopic (exact) mass is 479 g/mol. The third kappa shape index (κ3) is 3.51. The minimum Gasteiger partial charge on any atom is -0.309 e. The van der Waals surface area contributed by atoms with Crippen molar-refractivity contribution in [2.45, 2.75) is 0 Å². The fourth-order valence-corrected chi connectivity index (χ4v) is 5.24. The Kier molecular flexibility index (Phi) is 5.27. The summed E-state index contributed by atoms with van der Waals surface area (Å²) >= 11 is 6.73. The molecule has 5 aromatic carbocycles. The highest BCUT2D eigenvalue weighted by Gasteiger charge is 2.17. The SMILES string of the molecule is N#Cc1cc(C#N)cc(-c2c(Cl)cccc2-c2ccc3c(c2)c2ccccc2n3-c2ccccc2)c1. The maximum absolute atomic E-state index is 9.51. The van der Waals surface area contributed by atoms with E-state index in [-0.39, 0.29) is 0 Å². The zero-order valence-corrected chi connectivity index (χ0v) is 19.9. The van der Waals surface area contributed by atoms with Crippen molar-refractivity contribution >= 4 is 33.4 Å². The Labute approximate surface area is 213 Å². The van der Waals surface area contributed by atoms with Gasteiger partial charge in [-0.25, -0.2) is 0 Å². The van der Waals surface area contributed by atoms with Crippen molar-refractivity contribution in [2.75, 3.05) is 0 Å². The molecule has 4 heteroatoms. The Morgan fingerprint density at radius 3 is 2.03 bits per heavy atom. The lowest BCUT2D eigenvalue weighted by molar-refractivity contribution is 1.18. The van der Waals surface area contributed by atoms with E-state index in [9.17, 15) is 10.5 Å². The summed E-state index contributed by atoms with van der Waals surface area (Å²) in [6.45, 7) is 0. The standard InChI is InChI=1S/C32H18ClN3/c33-29-11-6-10-26(32(29)24-16-21(19-34)15-22(17-24)20-35)23-13-14-31-28(18-23)27-9-4-5-12-30(27)36(31)25-7-2-1-3-8-25/h1-18H. The Morgan fingerprint density at radius 2 is 1.28 bits per heavy atom. The van der Waals surface area contributed by atoms with Crippen LogP contribution in [0.15, 0.2) is 109 Å². The van der Waals surface area contributed by atoms with E-state index in [0.717, 1.165) is 44.4 Å². The van der Waals surface area contributed by atoms with Crippen molar-refractivity contribution in [1.29, 1.82) is 10.5 Å². The highest BCUT2D eigenvalue weighted by Crippen LogP contribution is 2.41. The lowest BCUT2D eigenvalue weighted by Crippen LogP contribution is -1.93. The van der Waals surface area contributed by atoms with Crippen LogP contribution in [0.25, 0.3) is 49.7 Å². The van der Waals surface area contributed by atoms with E-state index in [1.807, 2.05) is 36.4 Å². The molecule has 0 saturated heterocycles. The normalized spacial score (nSPS) is 10.9. The van der Waals surface area contributed by atoms with Gasteiger partial charge < -0.3 is 4.57 Å². The first kappa shape index (κ1) is 21.7. The fourth-order valence-electron chi connectivity index (χ4n) is 4.95. The summed E-state index contributed by atoms with van der Waals surface area (Å²) < 4.78 is 2.28. The van der Waals surface area contributed by atoms with Crippen LogP contribution in [0.5, 0.6) is 0 Å². The lowest BCUT2D eigenvalue weighted by Gasteiger charge is -2.14. The number of para-hydroxylation sites is 2. The van der Waals surface area contributed by atoms with Crippen LogP contribution in [0.2, 0.25) is 5.02 Å². The van der Waals surface area contributed by atoms with Crippen molar-refractivity contribution in [3.05, 3.63) is 125 Å². The topological polar surface area (TPSA) is 52.5 Å². The van der Waals surface area contributed by atoms with Crippen molar-refractivity contribution in [3.8, 4) is 40.1 Å². The average Bonchev–Trinajstić information content (AvgIpc) is 3.26. The zero-order chi connectivity index (χ0) is 24.6. The maximum atomic E-state index is 9.51. The van der Waals surface area contributed by atoms with E-state index in [0.29, 0.717) is 16.1 Å². The van der Waals surface area contributed by atoms with Crippen LogP contribution in [-0.4, -0.2) is 4.57 Å². The first-order valence-corrected chi connectivity index (χ1v) is 11.9. The molecule has 0 amide bonds. The maximum Gasteiger partial charge on any atom is 0.0992 e. The summed E-state index contributed by atoms with van der Waals surface area (Å²) in [5.41, 5.74) is 7.73. The molecule has 36 heavy (non-hydrogen) atoms. The summed E-state index contributed by atoms with van der Waals surface area (Å²) in [4.78, 5) is 0. The summed E-state index contributed by atoms with van der Waals surface area (Å²) in [7, 11) is 0. The second kappa shape index (κ2) is 8.75. The Hall–Kier alpha value is -4.83. The van der Waals surface area contributed by atoms with Gasteiger partial charge >= 0.3 is 0 Å². The molecule has 1 heterocycles. The smallest absolute Gasteiger partial charge is 0.0992 e. The molecule has 0 aliphatic rings. The molecule has 168 valence electrons. The number of rotatable bonds is 3. The molecule has 0 saturated carbocycles. The third-order valence-electron chi connectivity index (χ3n) is 6.49. The molecule has 3 nitrogen and oxygen atoms in total. The quantitative estimate of drug-likeness (QED) is 0.255. The van der Waals surface area contributed by atoms with Gasteiger partial charge in [-0.2, -0.15) is 10.5 Å². The van der Waals surface area contributed by atoms with E-state index < -0.39 is 0 Å². The molecule has 0 unspecified atom stereocenters. The molecule has 6 rings (SSSR count). The molecule has 6 aromatic rings. The van der Waals surface area contributed by atoms with Crippen molar-refractivity contribution in [3.63, 3.8) is 0 Å². The number of nitrogens with zero attached hydrogens (tertiary/aromatic N) is 3. The van der Waals surface area contributed by atoms with Crippen LogP contribution in [-0.2, 0) is 0 Å². The van der Waals surface area contributed by atoms with Gasteiger partial charge in [-0.15, -0.1) is 0 Å².